The Balaban J connectivity index is 1.45. The molecule has 142 valence electrons. The number of fused-ring (bicyclic) bond motifs is 1. The van der Waals surface area contributed by atoms with Gasteiger partial charge in [-0.3, -0.25) is 4.79 Å². The number of ether oxygens (including phenoxy) is 2. The van der Waals surface area contributed by atoms with E-state index in [2.05, 4.69) is 17.4 Å². The highest BCUT2D eigenvalue weighted by Crippen LogP contribution is 2.33. The standard InChI is InChI=1S/C21H23ClN2O3/c1-14-4-6-16(22)12-17(14)23-21(25)13-24-8-2-3-18(24)15-5-7-19-20(11-15)27-10-9-26-19/h4-7,11-12,18H,2-3,8-10,13H2,1H3,(H,23,25)/p+1/t18-/m1/s1. The quantitative estimate of drug-likeness (QED) is 0.848. The summed E-state index contributed by atoms with van der Waals surface area (Å²) in [6.07, 6.45) is 2.18. The third-order valence-corrected chi connectivity index (χ3v) is 5.55. The first-order valence-electron chi connectivity index (χ1n) is 9.40. The molecule has 2 heterocycles. The number of aryl methyl sites for hydroxylation is 1. The fraction of sp³-hybridized carbons (Fsp3) is 0.381. The molecule has 6 heteroatoms. The molecule has 0 aromatic heterocycles. The second-order valence-electron chi connectivity index (χ2n) is 7.19. The van der Waals surface area contributed by atoms with Gasteiger partial charge < -0.3 is 19.7 Å². The van der Waals surface area contributed by atoms with Crippen LogP contribution >= 0.6 is 11.6 Å². The Kier molecular flexibility index (Phi) is 5.23. The van der Waals surface area contributed by atoms with Crippen LogP contribution in [0.2, 0.25) is 5.02 Å². The van der Waals surface area contributed by atoms with E-state index in [1.54, 1.807) is 6.07 Å². The van der Waals surface area contributed by atoms with E-state index >= 15 is 0 Å². The molecule has 2 atom stereocenters. The summed E-state index contributed by atoms with van der Waals surface area (Å²) >= 11 is 6.05. The van der Waals surface area contributed by atoms with Gasteiger partial charge in [0.05, 0.1) is 6.54 Å². The molecule has 2 aliphatic heterocycles. The number of hydrogen-bond donors (Lipinski definition) is 2. The molecule has 2 aliphatic rings. The number of amides is 1. The van der Waals surface area contributed by atoms with Crippen molar-refractivity contribution in [1.29, 1.82) is 0 Å². The lowest BCUT2D eigenvalue weighted by Gasteiger charge is -2.24. The number of nitrogens with one attached hydrogen (secondary N) is 2. The molecule has 5 nitrogen and oxygen atoms in total. The highest BCUT2D eigenvalue weighted by atomic mass is 35.5. The second kappa shape index (κ2) is 7.79. The zero-order chi connectivity index (χ0) is 18.8. The van der Waals surface area contributed by atoms with Crippen molar-refractivity contribution in [3.05, 3.63) is 52.5 Å². The summed E-state index contributed by atoms with van der Waals surface area (Å²) in [7, 11) is 0. The Morgan fingerprint density at radius 2 is 2.00 bits per heavy atom. The van der Waals surface area contributed by atoms with E-state index in [-0.39, 0.29) is 5.91 Å². The molecule has 1 saturated heterocycles. The number of benzene rings is 2. The maximum Gasteiger partial charge on any atom is 0.279 e. The van der Waals surface area contributed by atoms with E-state index < -0.39 is 0 Å². The van der Waals surface area contributed by atoms with E-state index in [9.17, 15) is 4.79 Å². The molecule has 27 heavy (non-hydrogen) atoms. The van der Waals surface area contributed by atoms with E-state index in [1.807, 2.05) is 25.1 Å². The average molecular weight is 388 g/mol. The predicted molar refractivity (Wildman–Crippen MR) is 105 cm³/mol. The minimum Gasteiger partial charge on any atom is -0.486 e. The van der Waals surface area contributed by atoms with Gasteiger partial charge in [-0.2, -0.15) is 0 Å². The summed E-state index contributed by atoms with van der Waals surface area (Å²) in [4.78, 5) is 13.9. The van der Waals surface area contributed by atoms with E-state index in [4.69, 9.17) is 21.1 Å². The van der Waals surface area contributed by atoms with Crippen molar-refractivity contribution in [2.45, 2.75) is 25.8 Å². The van der Waals surface area contributed by atoms with Gasteiger partial charge >= 0.3 is 0 Å². The van der Waals surface area contributed by atoms with E-state index in [1.165, 1.54) is 10.5 Å². The highest BCUT2D eigenvalue weighted by molar-refractivity contribution is 6.31. The number of hydrogen-bond acceptors (Lipinski definition) is 3. The van der Waals surface area contributed by atoms with Crippen LogP contribution < -0.4 is 19.7 Å². The minimum atomic E-state index is 0.0137. The fourth-order valence-electron chi connectivity index (χ4n) is 3.93. The number of halogens is 1. The number of carbonyl (C=O) groups is 1. The van der Waals surface area contributed by atoms with E-state index in [0.717, 1.165) is 42.1 Å². The topological polar surface area (TPSA) is 52.0 Å². The van der Waals surface area contributed by atoms with Crippen molar-refractivity contribution >= 4 is 23.2 Å². The Hall–Kier alpha value is -2.24. The van der Waals surface area contributed by atoms with Crippen LogP contribution in [0.1, 0.15) is 30.0 Å². The lowest BCUT2D eigenvalue weighted by Crippen LogP contribution is -3.11. The fourth-order valence-corrected chi connectivity index (χ4v) is 4.10. The first kappa shape index (κ1) is 18.1. The van der Waals surface area contributed by atoms with Crippen LogP contribution in [0.25, 0.3) is 0 Å². The lowest BCUT2D eigenvalue weighted by molar-refractivity contribution is -0.910. The maximum absolute atomic E-state index is 12.6. The normalized spacial score (nSPS) is 21.1. The molecule has 2 aromatic rings. The first-order chi connectivity index (χ1) is 13.1. The van der Waals surface area contributed by atoms with Gasteiger partial charge in [0.1, 0.15) is 19.3 Å². The van der Waals surface area contributed by atoms with Gasteiger partial charge in [0.25, 0.3) is 5.91 Å². The van der Waals surface area contributed by atoms with Crippen LogP contribution in [0.5, 0.6) is 11.5 Å². The third-order valence-electron chi connectivity index (χ3n) is 5.31. The molecule has 0 radical (unpaired) electrons. The summed E-state index contributed by atoms with van der Waals surface area (Å²) < 4.78 is 11.3. The predicted octanol–water partition coefficient (Wildman–Crippen LogP) is 2.78. The second-order valence-corrected chi connectivity index (χ2v) is 7.63. The molecule has 2 N–H and O–H groups in total. The van der Waals surface area contributed by atoms with Crippen molar-refractivity contribution < 1.29 is 19.2 Å². The summed E-state index contributed by atoms with van der Waals surface area (Å²) in [6.45, 7) is 4.56. The monoisotopic (exact) mass is 387 g/mol. The third kappa shape index (κ3) is 4.04. The molecular formula is C21H24ClN2O3+. The van der Waals surface area contributed by atoms with Crippen LogP contribution in [0.4, 0.5) is 5.69 Å². The van der Waals surface area contributed by atoms with Crippen molar-refractivity contribution in [3.63, 3.8) is 0 Å². The van der Waals surface area contributed by atoms with Gasteiger partial charge in [0, 0.05) is 29.1 Å². The van der Waals surface area contributed by atoms with Gasteiger partial charge in [0.15, 0.2) is 18.0 Å². The summed E-state index contributed by atoms with van der Waals surface area (Å²) in [5, 5.41) is 3.63. The minimum absolute atomic E-state index is 0.0137. The number of likely N-dealkylation sites (tertiary alicyclic amines) is 1. The van der Waals surface area contributed by atoms with Crippen LogP contribution in [-0.2, 0) is 4.79 Å². The molecule has 1 fully saturated rings. The molecule has 0 saturated carbocycles. The Morgan fingerprint density at radius 1 is 1.19 bits per heavy atom. The van der Waals surface area contributed by atoms with Crippen molar-refractivity contribution in [1.82, 2.24) is 0 Å². The zero-order valence-electron chi connectivity index (χ0n) is 15.4. The van der Waals surface area contributed by atoms with Crippen LogP contribution in [0.3, 0.4) is 0 Å². The Bertz CT molecular complexity index is 855. The van der Waals surface area contributed by atoms with Crippen molar-refractivity contribution in [2.24, 2.45) is 0 Å². The summed E-state index contributed by atoms with van der Waals surface area (Å²) in [6, 6.07) is 12.0. The number of quaternary nitrogens is 1. The largest absolute Gasteiger partial charge is 0.486 e. The lowest BCUT2D eigenvalue weighted by atomic mass is 10.0. The van der Waals surface area contributed by atoms with Gasteiger partial charge in [-0.1, -0.05) is 17.7 Å². The van der Waals surface area contributed by atoms with Gasteiger partial charge in [-0.25, -0.2) is 0 Å². The van der Waals surface area contributed by atoms with Crippen molar-refractivity contribution in [2.75, 3.05) is 31.6 Å². The SMILES string of the molecule is Cc1ccc(Cl)cc1NC(=O)C[NH+]1CCC[C@@H]1c1ccc2c(c1)OCCO2. The van der Waals surface area contributed by atoms with Crippen LogP contribution in [0.15, 0.2) is 36.4 Å². The van der Waals surface area contributed by atoms with Gasteiger partial charge in [-0.15, -0.1) is 0 Å². The Morgan fingerprint density at radius 3 is 2.85 bits per heavy atom. The molecule has 1 unspecified atom stereocenters. The molecule has 2 aromatic carbocycles. The van der Waals surface area contributed by atoms with Gasteiger partial charge in [0.2, 0.25) is 0 Å². The first-order valence-corrected chi connectivity index (χ1v) is 9.78. The van der Waals surface area contributed by atoms with Gasteiger partial charge in [-0.05, 0) is 42.8 Å². The maximum atomic E-state index is 12.6. The average Bonchev–Trinajstić information content (AvgIpc) is 3.12. The molecule has 1 amide bonds. The molecule has 4 rings (SSSR count). The smallest absolute Gasteiger partial charge is 0.279 e. The summed E-state index contributed by atoms with van der Waals surface area (Å²) in [5.74, 6) is 1.63. The molecular weight excluding hydrogens is 364 g/mol. The molecule has 0 bridgehead atoms. The van der Waals surface area contributed by atoms with Crippen LogP contribution in [-0.4, -0.2) is 32.2 Å². The number of anilines is 1. The molecule has 0 spiro atoms. The van der Waals surface area contributed by atoms with Crippen molar-refractivity contribution in [3.8, 4) is 11.5 Å². The summed E-state index contributed by atoms with van der Waals surface area (Å²) in [5.41, 5.74) is 2.99. The zero-order valence-corrected chi connectivity index (χ0v) is 16.1. The Labute approximate surface area is 164 Å². The highest BCUT2D eigenvalue weighted by Gasteiger charge is 2.32. The number of carbonyl (C=O) groups excluding carboxylic acids is 1. The molecule has 0 aliphatic carbocycles. The van der Waals surface area contributed by atoms with E-state index in [0.29, 0.717) is 30.8 Å². The number of rotatable bonds is 4. The van der Waals surface area contributed by atoms with Crippen LogP contribution in [0, 0.1) is 6.92 Å².